The number of esters is 1. The van der Waals surface area contributed by atoms with Crippen molar-refractivity contribution in [2.75, 3.05) is 39.6 Å². The fraction of sp³-hybridized carbons (Fsp3) is 0.451. The zero-order valence-electron chi connectivity index (χ0n) is 39.1. The SMILES string of the molecule is C=CCC(=O)OC1CC(COCCOc2cc(C)c3c(c2)C2C=C4C=C(C2)c2cc(OCCOCC5CC(OC(=O)O)CC(OC(=O)OC=C)C5)cc(C)c2C(=O)P4(=O)C3=O)CC(OC(=O)OC=C)C1. The fourth-order valence-electron chi connectivity index (χ4n) is 10.0. The van der Waals surface area contributed by atoms with Gasteiger partial charge in [-0.1, -0.05) is 25.3 Å². The predicted molar refractivity (Wildman–Crippen MR) is 250 cm³/mol. The van der Waals surface area contributed by atoms with Gasteiger partial charge in [0, 0.05) is 48.4 Å². The summed E-state index contributed by atoms with van der Waals surface area (Å²) in [6.07, 6.45) is 3.81. The number of allylic oxidation sites excluding steroid dienone is 4. The normalized spacial score (nSPS) is 25.2. The molecule has 3 bridgehead atoms. The summed E-state index contributed by atoms with van der Waals surface area (Å²) in [4.78, 5) is 76.6. The van der Waals surface area contributed by atoms with Crippen molar-refractivity contribution in [2.45, 2.75) is 95.5 Å². The first-order chi connectivity index (χ1) is 33.6. The molecule has 2 aromatic carbocycles. The van der Waals surface area contributed by atoms with Crippen molar-refractivity contribution in [2.24, 2.45) is 11.8 Å². The van der Waals surface area contributed by atoms with Crippen LogP contribution in [0.15, 0.2) is 80.1 Å². The second kappa shape index (κ2) is 23.0. The van der Waals surface area contributed by atoms with Crippen molar-refractivity contribution < 1.29 is 85.8 Å². The number of carboxylic acid groups (broad SMARTS) is 1. The van der Waals surface area contributed by atoms with Gasteiger partial charge in [-0.05, 0) is 116 Å². The molecule has 2 aromatic rings. The summed E-state index contributed by atoms with van der Waals surface area (Å²) in [5, 5.41) is 9.39. The Kier molecular flexibility index (Phi) is 16.8. The van der Waals surface area contributed by atoms with Crippen LogP contribution in [-0.4, -0.2) is 105 Å². The van der Waals surface area contributed by atoms with E-state index in [1.54, 1.807) is 50.3 Å². The minimum absolute atomic E-state index is 0.0482. The van der Waals surface area contributed by atoms with Crippen molar-refractivity contribution in [3.63, 3.8) is 0 Å². The van der Waals surface area contributed by atoms with E-state index in [1.807, 2.05) is 0 Å². The van der Waals surface area contributed by atoms with Crippen LogP contribution in [0.25, 0.3) is 5.57 Å². The molecule has 7 rings (SSSR count). The Morgan fingerprint density at radius 1 is 0.686 bits per heavy atom. The number of carbonyl (C=O) groups excluding carboxylic acids is 5. The molecule has 2 aliphatic heterocycles. The van der Waals surface area contributed by atoms with Crippen molar-refractivity contribution >= 4 is 48.2 Å². The lowest BCUT2D eigenvalue weighted by Crippen LogP contribution is -2.37. The Balaban J connectivity index is 0.979. The molecule has 0 amide bonds. The van der Waals surface area contributed by atoms with Gasteiger partial charge in [0.05, 0.1) is 32.2 Å². The summed E-state index contributed by atoms with van der Waals surface area (Å²) in [7, 11) is -4.36. The molecule has 2 saturated carbocycles. The molecule has 18 nitrogen and oxygen atoms in total. The van der Waals surface area contributed by atoms with Crippen LogP contribution in [0.4, 0.5) is 14.4 Å². The van der Waals surface area contributed by atoms with E-state index in [0.717, 1.165) is 18.1 Å². The lowest BCUT2D eigenvalue weighted by molar-refractivity contribution is -0.153. The predicted octanol–water partition coefficient (Wildman–Crippen LogP) is 9.70. The number of ether oxygens (including phenoxy) is 10. The summed E-state index contributed by atoms with van der Waals surface area (Å²) in [6.45, 7) is 14.8. The van der Waals surface area contributed by atoms with Crippen LogP contribution in [-0.2, 0) is 47.3 Å². The highest BCUT2D eigenvalue weighted by Gasteiger charge is 2.51. The van der Waals surface area contributed by atoms with Gasteiger partial charge >= 0.3 is 24.4 Å². The first-order valence-corrected chi connectivity index (χ1v) is 24.8. The van der Waals surface area contributed by atoms with Gasteiger partial charge in [0.25, 0.3) is 0 Å². The molecular formula is C51H57O18P. The zero-order chi connectivity index (χ0) is 50.1. The Bertz CT molecular complexity index is 2490. The topological polar surface area (TPSA) is 232 Å². The molecule has 0 radical (unpaired) electrons. The number of benzene rings is 2. The molecule has 8 atom stereocenters. The second-order valence-electron chi connectivity index (χ2n) is 17.8. The van der Waals surface area contributed by atoms with E-state index in [0.29, 0.717) is 72.3 Å². The Morgan fingerprint density at radius 2 is 1.20 bits per heavy atom. The van der Waals surface area contributed by atoms with Gasteiger partial charge in [-0.2, -0.15) is 0 Å². The Morgan fingerprint density at radius 3 is 1.74 bits per heavy atom. The molecule has 0 saturated heterocycles. The average molecular weight is 989 g/mol. The molecule has 3 aliphatic carbocycles. The van der Waals surface area contributed by atoms with Crippen LogP contribution < -0.4 is 9.47 Å². The van der Waals surface area contributed by atoms with Crippen LogP contribution >= 0.6 is 7.14 Å². The molecule has 0 aromatic heterocycles. The lowest BCUT2D eigenvalue weighted by Gasteiger charge is -2.33. The van der Waals surface area contributed by atoms with Crippen molar-refractivity contribution in [3.8, 4) is 11.5 Å². The van der Waals surface area contributed by atoms with Crippen molar-refractivity contribution in [3.05, 3.63) is 113 Å². The molecule has 1 N–H and O–H groups in total. The monoisotopic (exact) mass is 988 g/mol. The van der Waals surface area contributed by atoms with Crippen LogP contribution in [0.1, 0.15) is 100 Å². The first-order valence-electron chi connectivity index (χ1n) is 23.1. The second-order valence-corrected chi connectivity index (χ2v) is 20.4. The van der Waals surface area contributed by atoms with E-state index in [1.165, 1.54) is 6.08 Å². The van der Waals surface area contributed by atoms with Crippen molar-refractivity contribution in [1.82, 2.24) is 0 Å². The summed E-state index contributed by atoms with van der Waals surface area (Å²) in [5.74, 6) is -0.240. The van der Waals surface area contributed by atoms with Crippen LogP contribution in [0.5, 0.6) is 11.5 Å². The van der Waals surface area contributed by atoms with Gasteiger partial charge < -0.3 is 57.0 Å². The van der Waals surface area contributed by atoms with E-state index in [9.17, 15) is 33.9 Å². The van der Waals surface area contributed by atoms with Crippen molar-refractivity contribution in [1.29, 1.82) is 0 Å². The van der Waals surface area contributed by atoms with E-state index < -0.39 is 73.0 Å². The molecule has 2 heterocycles. The van der Waals surface area contributed by atoms with Gasteiger partial charge in [-0.3, -0.25) is 14.4 Å². The molecule has 70 heavy (non-hydrogen) atoms. The summed E-state index contributed by atoms with van der Waals surface area (Å²) >= 11 is 0. The standard InChI is InChI=1S/C51H57O18P/c1-6-9-44(52)66-37-16-31(18-39(23-37)68-50(57)62-7-2)27-60-10-12-64-35-14-29(4)45-42(25-35)33-20-34-22-41(21-33)70(59,47(45)53)48(54)46-30(5)15-36(26-43(34)46)65-13-11-61-28-32-17-38(67-49(55)56)24-40(19-32)69-51(58)63-8-3/h6-8,14-15,21-22,25-26,31-33,37-40H,1-3,9-13,16-20,23-24,27-28H2,4-5H3,(H,55,56). The maximum absolute atomic E-state index is 15.2. The number of hydrogen-bond donors (Lipinski definition) is 1. The highest BCUT2D eigenvalue weighted by atomic mass is 31.2. The Labute approximate surface area is 404 Å². The Hall–Kier alpha value is -6.49. The fourth-order valence-corrected chi connectivity index (χ4v) is 12.7. The number of fused-ring (bicyclic) bond motifs is 5. The molecular weight excluding hydrogens is 932 g/mol. The summed E-state index contributed by atoms with van der Waals surface area (Å²) < 4.78 is 70.0. The minimum Gasteiger partial charge on any atom is -0.491 e. The van der Waals surface area contributed by atoms with Crippen LogP contribution in [0, 0.1) is 25.7 Å². The van der Waals surface area contributed by atoms with E-state index in [-0.39, 0.29) is 80.8 Å². The molecule has 5 aliphatic rings. The maximum Gasteiger partial charge on any atom is 0.513 e. The quantitative estimate of drug-likeness (QED) is 0.0325. The van der Waals surface area contributed by atoms with Crippen LogP contribution in [0.2, 0.25) is 0 Å². The molecule has 0 spiro atoms. The van der Waals surface area contributed by atoms with Gasteiger partial charge in [-0.15, -0.1) is 6.58 Å². The number of aryl methyl sites for hydroxylation is 2. The molecule has 8 unspecified atom stereocenters. The minimum atomic E-state index is -4.36. The summed E-state index contributed by atoms with van der Waals surface area (Å²) in [6, 6.07) is 6.86. The van der Waals surface area contributed by atoms with Crippen LogP contribution in [0.3, 0.4) is 0 Å². The first kappa shape index (κ1) is 51.4. The average Bonchev–Trinajstić information content (AvgIpc) is 3.39. The van der Waals surface area contributed by atoms with Gasteiger partial charge in [-0.25, -0.2) is 14.4 Å². The lowest BCUT2D eigenvalue weighted by atomic mass is 9.81. The van der Waals surface area contributed by atoms with Gasteiger partial charge in [0.15, 0.2) is 0 Å². The van der Waals surface area contributed by atoms with E-state index in [2.05, 4.69) is 24.5 Å². The third-order valence-corrected chi connectivity index (χ3v) is 15.4. The molecule has 374 valence electrons. The van der Waals surface area contributed by atoms with Gasteiger partial charge in [0.1, 0.15) is 49.1 Å². The molecule has 19 heteroatoms. The van der Waals surface area contributed by atoms with Gasteiger partial charge in [0.2, 0.25) is 18.2 Å². The number of carbonyl (C=O) groups is 6. The highest BCUT2D eigenvalue weighted by Crippen LogP contribution is 2.67. The zero-order valence-corrected chi connectivity index (χ0v) is 40.0. The number of hydrogen-bond acceptors (Lipinski definition) is 17. The maximum atomic E-state index is 15.2. The summed E-state index contributed by atoms with van der Waals surface area (Å²) in [5.41, 5.74) is 1.93. The third kappa shape index (κ3) is 12.1. The molecule has 2 fully saturated rings. The largest absolute Gasteiger partial charge is 0.513 e. The number of rotatable bonds is 20. The third-order valence-electron chi connectivity index (χ3n) is 12.8. The smallest absolute Gasteiger partial charge is 0.491 e. The highest BCUT2D eigenvalue weighted by molar-refractivity contribution is 7.98. The van der Waals surface area contributed by atoms with E-state index >= 15 is 4.57 Å². The van der Waals surface area contributed by atoms with E-state index in [4.69, 9.17) is 42.6 Å².